The second-order valence-corrected chi connectivity index (χ2v) is 8.86. The van der Waals surface area contributed by atoms with Crippen LogP contribution in [0.2, 0.25) is 0 Å². The minimum atomic E-state index is -0.0186. The fourth-order valence-corrected chi connectivity index (χ4v) is 5.09. The van der Waals surface area contributed by atoms with Crippen LogP contribution in [0.5, 0.6) is 11.6 Å². The number of halogens is 2. The second kappa shape index (κ2) is 11.9. The minimum Gasteiger partial charge on any atom is -1.00 e. The Morgan fingerprint density at radius 2 is 1.75 bits per heavy atom. The summed E-state index contributed by atoms with van der Waals surface area (Å²) in [6, 6.07) is 12.0. The smallest absolute Gasteiger partial charge is 0.277 e. The number of fused-ring (bicyclic) bond motifs is 3. The molecule has 11 heteroatoms. The van der Waals surface area contributed by atoms with Crippen LogP contribution in [0, 0.1) is 6.92 Å². The molecule has 0 atom stereocenters. The second-order valence-electron chi connectivity index (χ2n) is 8.86. The number of hydrogen-bond donors (Lipinski definition) is 2. The molecule has 1 saturated heterocycles. The standard InChI is InChI=1S/C25H30N6O3.2ClH/c1-18-23-25(32)30(20-9-10-22(34-3)27-24(20)31(23)17-26-18)12-6-11-28-13-15-29(16-14-28)19-7-4-5-8-21(19)33-2;;/h4-5,7-10,17H,6,11-16H2,1-3H3;2*1H. The first-order chi connectivity index (χ1) is 16.6. The van der Waals surface area contributed by atoms with Crippen molar-refractivity contribution in [2.24, 2.45) is 0 Å². The van der Waals surface area contributed by atoms with E-state index in [-0.39, 0.29) is 30.4 Å². The van der Waals surface area contributed by atoms with Gasteiger partial charge in [0.25, 0.3) is 5.56 Å². The predicted octanol–water partition coefficient (Wildman–Crippen LogP) is -6.12. The SMILES string of the molecule is COc1ccc2c(n1)n1cnc(C)c1c(=O)n2CCC[NH+]1CC[NH+](c2ccccc2OC)CC1.[Cl-].[Cl-]. The average molecular weight is 535 g/mol. The quantitative estimate of drug-likeness (QED) is 0.247. The van der Waals surface area contributed by atoms with E-state index in [1.54, 1.807) is 35.9 Å². The van der Waals surface area contributed by atoms with Crippen molar-refractivity contribution in [3.63, 3.8) is 0 Å². The third kappa shape index (κ3) is 5.15. The van der Waals surface area contributed by atoms with E-state index < -0.39 is 0 Å². The molecule has 194 valence electrons. The van der Waals surface area contributed by atoms with Gasteiger partial charge in [-0.1, -0.05) is 12.1 Å². The van der Waals surface area contributed by atoms with Gasteiger partial charge in [0, 0.05) is 25.1 Å². The Kier molecular flexibility index (Phi) is 9.19. The lowest BCUT2D eigenvalue weighted by atomic mass is 10.2. The topological polar surface area (TPSA) is 79.5 Å². The zero-order chi connectivity index (χ0) is 23.7. The fraction of sp³-hybridized carbons (Fsp3) is 0.400. The largest absolute Gasteiger partial charge is 1.00 e. The van der Waals surface area contributed by atoms with Crippen LogP contribution in [0.15, 0.2) is 47.5 Å². The Morgan fingerprint density at radius 3 is 2.47 bits per heavy atom. The zero-order valence-electron chi connectivity index (χ0n) is 20.8. The first-order valence-corrected chi connectivity index (χ1v) is 11.8. The molecule has 1 aromatic carbocycles. The van der Waals surface area contributed by atoms with Crippen LogP contribution in [0.4, 0.5) is 5.69 Å². The van der Waals surface area contributed by atoms with E-state index in [2.05, 4.69) is 22.1 Å². The van der Waals surface area contributed by atoms with Gasteiger partial charge in [-0.25, -0.2) is 4.98 Å². The summed E-state index contributed by atoms with van der Waals surface area (Å²) in [5, 5.41) is 0. The molecule has 3 aromatic heterocycles. The molecule has 0 saturated carbocycles. The van der Waals surface area contributed by atoms with Crippen LogP contribution in [-0.4, -0.2) is 65.9 Å². The van der Waals surface area contributed by atoms with Gasteiger partial charge >= 0.3 is 0 Å². The lowest BCUT2D eigenvalue weighted by molar-refractivity contribution is -0.986. The Labute approximate surface area is 222 Å². The van der Waals surface area contributed by atoms with Gasteiger partial charge in [-0.2, -0.15) is 4.98 Å². The maximum atomic E-state index is 13.3. The first-order valence-electron chi connectivity index (χ1n) is 11.8. The van der Waals surface area contributed by atoms with E-state index in [1.165, 1.54) is 10.6 Å². The molecular weight excluding hydrogens is 503 g/mol. The maximum absolute atomic E-state index is 13.3. The van der Waals surface area contributed by atoms with E-state index in [4.69, 9.17) is 9.47 Å². The third-order valence-corrected chi connectivity index (χ3v) is 6.92. The molecule has 0 radical (unpaired) electrons. The number of methoxy groups -OCH3 is 2. The zero-order valence-corrected chi connectivity index (χ0v) is 22.3. The Morgan fingerprint density at radius 1 is 1.00 bits per heavy atom. The summed E-state index contributed by atoms with van der Waals surface area (Å²) in [5.41, 5.74) is 4.01. The lowest BCUT2D eigenvalue weighted by Gasteiger charge is -2.30. The highest BCUT2D eigenvalue weighted by Crippen LogP contribution is 2.19. The van der Waals surface area contributed by atoms with Gasteiger partial charge < -0.3 is 43.8 Å². The number of piperazine rings is 1. The number of para-hydroxylation sites is 2. The van der Waals surface area contributed by atoms with E-state index in [1.807, 2.05) is 29.7 Å². The summed E-state index contributed by atoms with van der Waals surface area (Å²) in [5.74, 6) is 1.48. The van der Waals surface area contributed by atoms with Crippen molar-refractivity contribution >= 4 is 22.4 Å². The van der Waals surface area contributed by atoms with Crippen LogP contribution in [0.3, 0.4) is 0 Å². The number of benzene rings is 1. The Bertz CT molecular complexity index is 1380. The van der Waals surface area contributed by atoms with Crippen LogP contribution in [-0.2, 0) is 6.54 Å². The van der Waals surface area contributed by atoms with Crippen LogP contribution >= 0.6 is 0 Å². The number of hydrogen-bond acceptors (Lipinski definition) is 5. The maximum Gasteiger partial charge on any atom is 0.277 e. The molecule has 4 heterocycles. The molecule has 0 bridgehead atoms. The number of aryl methyl sites for hydroxylation is 2. The van der Waals surface area contributed by atoms with Gasteiger partial charge in [0.1, 0.15) is 38.0 Å². The highest BCUT2D eigenvalue weighted by molar-refractivity contribution is 5.76. The molecule has 1 aliphatic heterocycles. The highest BCUT2D eigenvalue weighted by atomic mass is 35.5. The fourth-order valence-electron chi connectivity index (χ4n) is 5.09. The van der Waals surface area contributed by atoms with Crippen molar-refractivity contribution in [3.05, 3.63) is 58.8 Å². The van der Waals surface area contributed by atoms with Crippen LogP contribution < -0.4 is 49.6 Å². The number of pyridine rings is 1. The monoisotopic (exact) mass is 534 g/mol. The number of nitrogens with one attached hydrogen (secondary N) is 2. The van der Waals surface area contributed by atoms with Gasteiger partial charge in [0.05, 0.1) is 32.0 Å². The summed E-state index contributed by atoms with van der Waals surface area (Å²) in [6.07, 6.45) is 2.59. The van der Waals surface area contributed by atoms with E-state index in [0.29, 0.717) is 29.3 Å². The first kappa shape index (κ1) is 27.7. The van der Waals surface area contributed by atoms with Gasteiger partial charge in [0.15, 0.2) is 17.1 Å². The number of imidazole rings is 1. The van der Waals surface area contributed by atoms with Crippen LogP contribution in [0.1, 0.15) is 12.1 Å². The molecule has 1 fully saturated rings. The van der Waals surface area contributed by atoms with Crippen molar-refractivity contribution in [1.82, 2.24) is 18.9 Å². The highest BCUT2D eigenvalue weighted by Gasteiger charge is 2.26. The number of quaternary nitrogens is 2. The lowest BCUT2D eigenvalue weighted by Crippen LogP contribution is -3.26. The van der Waals surface area contributed by atoms with E-state index in [0.717, 1.165) is 50.4 Å². The van der Waals surface area contributed by atoms with E-state index >= 15 is 0 Å². The summed E-state index contributed by atoms with van der Waals surface area (Å²) < 4.78 is 14.5. The summed E-state index contributed by atoms with van der Waals surface area (Å²) in [6.45, 7) is 7.88. The molecule has 9 nitrogen and oxygen atoms in total. The van der Waals surface area contributed by atoms with Crippen molar-refractivity contribution < 1.29 is 44.1 Å². The van der Waals surface area contributed by atoms with E-state index in [9.17, 15) is 4.79 Å². The van der Waals surface area contributed by atoms with Crippen molar-refractivity contribution in [2.75, 3.05) is 46.9 Å². The van der Waals surface area contributed by atoms with Crippen molar-refractivity contribution in [2.45, 2.75) is 19.9 Å². The Balaban J connectivity index is 0.00000180. The third-order valence-electron chi connectivity index (χ3n) is 6.92. The summed E-state index contributed by atoms with van der Waals surface area (Å²) >= 11 is 0. The molecule has 5 rings (SSSR count). The normalized spacial score (nSPS) is 17.4. The molecule has 0 unspecified atom stereocenters. The summed E-state index contributed by atoms with van der Waals surface area (Å²) in [4.78, 5) is 25.4. The number of nitrogens with zero attached hydrogens (tertiary/aromatic N) is 4. The Hall–Kier alpha value is -2.85. The molecule has 0 aliphatic carbocycles. The van der Waals surface area contributed by atoms with Crippen LogP contribution in [0.25, 0.3) is 16.7 Å². The van der Waals surface area contributed by atoms with Gasteiger partial charge in [-0.05, 0) is 19.1 Å². The van der Waals surface area contributed by atoms with Gasteiger partial charge in [-0.15, -0.1) is 0 Å². The molecule has 1 aliphatic rings. The number of ether oxygens (including phenoxy) is 2. The molecule has 36 heavy (non-hydrogen) atoms. The molecule has 4 aromatic rings. The molecule has 0 amide bonds. The van der Waals surface area contributed by atoms with Gasteiger partial charge in [0.2, 0.25) is 5.88 Å². The van der Waals surface area contributed by atoms with Crippen molar-refractivity contribution in [1.29, 1.82) is 0 Å². The molecule has 2 N–H and O–H groups in total. The van der Waals surface area contributed by atoms with Crippen molar-refractivity contribution in [3.8, 4) is 11.6 Å². The average Bonchev–Trinajstić information content (AvgIpc) is 3.28. The molecule has 0 spiro atoms. The van der Waals surface area contributed by atoms with Gasteiger partial charge in [-0.3, -0.25) is 14.1 Å². The predicted molar refractivity (Wildman–Crippen MR) is 130 cm³/mol. The molecular formula is C25H32Cl2N6O3. The summed E-state index contributed by atoms with van der Waals surface area (Å²) in [7, 11) is 3.33. The number of aromatic nitrogens is 4. The number of rotatable bonds is 7. The minimum absolute atomic E-state index is 0.